The van der Waals surface area contributed by atoms with Crippen LogP contribution in [0.3, 0.4) is 0 Å². The maximum Gasteiger partial charge on any atom is 0.321 e. The van der Waals surface area contributed by atoms with Crippen LogP contribution in [0.2, 0.25) is 0 Å². The summed E-state index contributed by atoms with van der Waals surface area (Å²) < 4.78 is 0. The molecule has 1 aliphatic heterocycles. The number of likely N-dealkylation sites (tertiary alicyclic amines) is 1. The second-order valence-electron chi connectivity index (χ2n) is 5.52. The van der Waals surface area contributed by atoms with Gasteiger partial charge in [-0.15, -0.1) is 22.7 Å². The van der Waals surface area contributed by atoms with Crippen molar-refractivity contribution >= 4 is 33.8 Å². The number of anilines is 1. The molecule has 2 unspecified atom stereocenters. The molecule has 2 aromatic rings. The van der Waals surface area contributed by atoms with Gasteiger partial charge in [0.15, 0.2) is 5.13 Å². The highest BCUT2D eigenvalue weighted by Gasteiger charge is 2.31. The first-order valence-electron chi connectivity index (χ1n) is 7.42. The Labute approximate surface area is 138 Å². The van der Waals surface area contributed by atoms with Crippen LogP contribution in [0.15, 0.2) is 29.1 Å². The molecule has 2 N–H and O–H groups in total. The van der Waals surface area contributed by atoms with E-state index < -0.39 is 0 Å². The van der Waals surface area contributed by atoms with Crippen LogP contribution in [0, 0.1) is 5.92 Å². The Morgan fingerprint density at radius 2 is 2.36 bits per heavy atom. The van der Waals surface area contributed by atoms with Gasteiger partial charge in [0.2, 0.25) is 0 Å². The Morgan fingerprint density at radius 3 is 3.09 bits per heavy atom. The molecule has 0 radical (unpaired) electrons. The van der Waals surface area contributed by atoms with Crippen molar-refractivity contribution in [3.05, 3.63) is 34.0 Å². The van der Waals surface area contributed by atoms with Gasteiger partial charge >= 0.3 is 6.03 Å². The van der Waals surface area contributed by atoms with Crippen molar-refractivity contribution in [2.24, 2.45) is 5.92 Å². The number of aromatic nitrogens is 1. The molecule has 2 amide bonds. The average molecular weight is 336 g/mol. The average Bonchev–Trinajstić information content (AvgIpc) is 3.18. The lowest BCUT2D eigenvalue weighted by molar-refractivity contribution is 0.123. The Bertz CT molecular complexity index is 585. The topological polar surface area (TPSA) is 57.3 Å². The van der Waals surface area contributed by atoms with E-state index >= 15 is 0 Å². The summed E-state index contributed by atoms with van der Waals surface area (Å²) in [6.45, 7) is 1.80. The molecule has 1 saturated heterocycles. The molecule has 2 atom stereocenters. The zero-order valence-corrected chi connectivity index (χ0v) is 14.1. The zero-order chi connectivity index (χ0) is 15.4. The Balaban J connectivity index is 1.58. The maximum absolute atomic E-state index is 12.0. The highest BCUT2D eigenvalue weighted by Crippen LogP contribution is 2.36. The molecule has 2 aromatic heterocycles. The van der Waals surface area contributed by atoms with Gasteiger partial charge < -0.3 is 5.32 Å². The number of hydrogen-bond donors (Lipinski definition) is 2. The minimum atomic E-state index is -0.173. The molecule has 3 heterocycles. The van der Waals surface area contributed by atoms with E-state index in [1.807, 2.05) is 5.38 Å². The standard InChI is InChI=1S/C15H20N4OS2/c1-19-7-2-4-11(13(19)12-5-3-8-21-12)10-17-14(20)18-15-16-6-9-22-15/h3,5-6,8-9,11,13H,2,4,7,10H2,1H3,(H2,16,17,18,20). The molecule has 0 saturated carbocycles. The Kier molecular flexibility index (Phi) is 5.07. The van der Waals surface area contributed by atoms with Gasteiger partial charge in [0.05, 0.1) is 0 Å². The summed E-state index contributed by atoms with van der Waals surface area (Å²) in [5.41, 5.74) is 0. The van der Waals surface area contributed by atoms with Crippen molar-refractivity contribution < 1.29 is 4.79 Å². The Hall–Kier alpha value is -1.44. The molecule has 1 fully saturated rings. The molecule has 22 heavy (non-hydrogen) atoms. The third kappa shape index (κ3) is 3.66. The van der Waals surface area contributed by atoms with Gasteiger partial charge in [-0.2, -0.15) is 0 Å². The van der Waals surface area contributed by atoms with Crippen LogP contribution in [0.4, 0.5) is 9.93 Å². The zero-order valence-electron chi connectivity index (χ0n) is 12.5. The fraction of sp³-hybridized carbons (Fsp3) is 0.467. The highest BCUT2D eigenvalue weighted by molar-refractivity contribution is 7.13. The van der Waals surface area contributed by atoms with Crippen LogP contribution >= 0.6 is 22.7 Å². The fourth-order valence-electron chi connectivity index (χ4n) is 3.03. The van der Waals surface area contributed by atoms with E-state index in [0.29, 0.717) is 23.6 Å². The van der Waals surface area contributed by atoms with E-state index in [1.165, 1.54) is 22.6 Å². The molecule has 7 heteroatoms. The summed E-state index contributed by atoms with van der Waals surface area (Å²) in [7, 11) is 2.17. The third-order valence-electron chi connectivity index (χ3n) is 4.02. The summed E-state index contributed by atoms with van der Waals surface area (Å²) >= 11 is 3.22. The van der Waals surface area contributed by atoms with E-state index in [4.69, 9.17) is 0 Å². The summed E-state index contributed by atoms with van der Waals surface area (Å²) in [4.78, 5) is 19.8. The van der Waals surface area contributed by atoms with Crippen molar-refractivity contribution in [2.45, 2.75) is 18.9 Å². The Morgan fingerprint density at radius 1 is 1.45 bits per heavy atom. The highest BCUT2D eigenvalue weighted by atomic mass is 32.1. The van der Waals surface area contributed by atoms with Crippen LogP contribution in [0.5, 0.6) is 0 Å². The molecule has 1 aliphatic rings. The number of thiazole rings is 1. The summed E-state index contributed by atoms with van der Waals surface area (Å²) in [6.07, 6.45) is 4.01. The summed E-state index contributed by atoms with van der Waals surface area (Å²) in [6, 6.07) is 4.52. The fourth-order valence-corrected chi connectivity index (χ4v) is 4.54. The monoisotopic (exact) mass is 336 g/mol. The van der Waals surface area contributed by atoms with Gasteiger partial charge in [0.25, 0.3) is 0 Å². The van der Waals surface area contributed by atoms with Gasteiger partial charge in [0.1, 0.15) is 0 Å². The number of piperidine rings is 1. The smallest absolute Gasteiger partial charge is 0.321 e. The number of carbonyl (C=O) groups is 1. The first-order chi connectivity index (χ1) is 10.7. The lowest BCUT2D eigenvalue weighted by Crippen LogP contribution is -2.42. The largest absolute Gasteiger partial charge is 0.337 e. The van der Waals surface area contributed by atoms with Gasteiger partial charge in [-0.05, 0) is 43.8 Å². The van der Waals surface area contributed by atoms with Crippen LogP contribution in [0.1, 0.15) is 23.8 Å². The number of amides is 2. The summed E-state index contributed by atoms with van der Waals surface area (Å²) in [5.74, 6) is 0.444. The first-order valence-corrected chi connectivity index (χ1v) is 9.18. The molecule has 5 nitrogen and oxygen atoms in total. The predicted octanol–water partition coefficient (Wildman–Crippen LogP) is 3.41. The SMILES string of the molecule is CN1CCCC(CNC(=O)Nc2nccs2)C1c1cccs1. The normalized spacial score (nSPS) is 22.4. The van der Waals surface area contributed by atoms with Crippen LogP contribution in [-0.2, 0) is 0 Å². The molecule has 0 spiro atoms. The van der Waals surface area contributed by atoms with E-state index in [9.17, 15) is 4.79 Å². The lowest BCUT2D eigenvalue weighted by Gasteiger charge is -2.38. The second kappa shape index (κ2) is 7.21. The number of rotatable bonds is 4. The number of nitrogens with zero attached hydrogens (tertiary/aromatic N) is 2. The van der Waals surface area contributed by atoms with Crippen LogP contribution in [-0.4, -0.2) is 36.1 Å². The second-order valence-corrected chi connectivity index (χ2v) is 7.39. The number of thiophene rings is 1. The van der Waals surface area contributed by atoms with Crippen molar-refractivity contribution in [1.29, 1.82) is 0 Å². The maximum atomic E-state index is 12.0. The first kappa shape index (κ1) is 15.5. The summed E-state index contributed by atoms with van der Waals surface area (Å²) in [5, 5.41) is 10.4. The molecular weight excluding hydrogens is 316 g/mol. The molecule has 3 rings (SSSR count). The minimum absolute atomic E-state index is 0.173. The molecule has 118 valence electrons. The number of nitrogens with one attached hydrogen (secondary N) is 2. The number of carbonyl (C=O) groups excluding carboxylic acids is 1. The molecule has 0 aliphatic carbocycles. The quantitative estimate of drug-likeness (QED) is 0.899. The number of hydrogen-bond acceptors (Lipinski definition) is 5. The van der Waals surface area contributed by atoms with Crippen LogP contribution < -0.4 is 10.6 Å². The molecule has 0 aromatic carbocycles. The third-order valence-corrected chi connectivity index (χ3v) is 5.65. The van der Waals surface area contributed by atoms with Gasteiger partial charge in [-0.1, -0.05) is 6.07 Å². The number of urea groups is 1. The van der Waals surface area contributed by atoms with Crippen molar-refractivity contribution in [3.8, 4) is 0 Å². The molecule has 0 bridgehead atoms. The van der Waals surface area contributed by atoms with Crippen molar-refractivity contribution in [1.82, 2.24) is 15.2 Å². The lowest BCUT2D eigenvalue weighted by atomic mass is 9.88. The minimum Gasteiger partial charge on any atom is -0.337 e. The van der Waals surface area contributed by atoms with Gasteiger partial charge in [-0.25, -0.2) is 9.78 Å². The van der Waals surface area contributed by atoms with Crippen molar-refractivity contribution in [2.75, 3.05) is 25.5 Å². The van der Waals surface area contributed by atoms with E-state index in [1.54, 1.807) is 17.5 Å². The van der Waals surface area contributed by atoms with Crippen molar-refractivity contribution in [3.63, 3.8) is 0 Å². The van der Waals surface area contributed by atoms with Crippen LogP contribution in [0.25, 0.3) is 0 Å². The van der Waals surface area contributed by atoms with E-state index in [0.717, 1.165) is 13.0 Å². The predicted molar refractivity (Wildman–Crippen MR) is 91.5 cm³/mol. The van der Waals surface area contributed by atoms with Gasteiger partial charge in [0, 0.05) is 29.0 Å². The van der Waals surface area contributed by atoms with E-state index in [-0.39, 0.29) is 6.03 Å². The van der Waals surface area contributed by atoms with E-state index in [2.05, 4.69) is 45.1 Å². The van der Waals surface area contributed by atoms with Gasteiger partial charge in [-0.3, -0.25) is 10.2 Å². The molecular formula is C15H20N4OS2.